The highest BCUT2D eigenvalue weighted by Crippen LogP contribution is 2.32. The van der Waals surface area contributed by atoms with E-state index < -0.39 is 18.0 Å². The molecule has 1 fully saturated rings. The number of benzene rings is 2. The summed E-state index contributed by atoms with van der Waals surface area (Å²) in [5.41, 5.74) is 1.31. The van der Waals surface area contributed by atoms with Crippen molar-refractivity contribution in [1.29, 1.82) is 0 Å². The summed E-state index contributed by atoms with van der Waals surface area (Å²) in [4.78, 5) is 31.1. The Kier molecular flexibility index (Phi) is 4.20. The third-order valence-electron chi connectivity index (χ3n) is 4.74. The molecule has 0 N–H and O–H groups in total. The van der Waals surface area contributed by atoms with Crippen LogP contribution in [-0.2, 0) is 16.1 Å². The van der Waals surface area contributed by atoms with Gasteiger partial charge in [0.2, 0.25) is 11.7 Å². The van der Waals surface area contributed by atoms with Gasteiger partial charge < -0.3 is 4.52 Å². The fraction of sp³-hybridized carbons (Fsp3) is 0.158. The van der Waals surface area contributed by atoms with Crippen molar-refractivity contribution >= 4 is 33.4 Å². The second kappa shape index (κ2) is 6.89. The van der Waals surface area contributed by atoms with E-state index in [1.807, 2.05) is 30.3 Å². The average molecular weight is 453 g/mol. The molecule has 2 aliphatic heterocycles. The second-order valence-electron chi connectivity index (χ2n) is 6.56. The fourth-order valence-corrected chi connectivity index (χ4v) is 3.62. The van der Waals surface area contributed by atoms with Gasteiger partial charge in [0.05, 0.1) is 5.69 Å². The van der Waals surface area contributed by atoms with Gasteiger partial charge in [-0.3, -0.25) is 14.6 Å². The maximum absolute atomic E-state index is 12.9. The third kappa shape index (κ3) is 3.01. The number of hydrogen-bond donors (Lipinski definition) is 0. The number of fused-ring (bicyclic) bond motifs is 1. The first-order valence-corrected chi connectivity index (χ1v) is 9.60. The maximum Gasteiger partial charge on any atom is 0.263 e. The number of halogens is 1. The van der Waals surface area contributed by atoms with Crippen molar-refractivity contribution in [3.05, 3.63) is 65.0 Å². The van der Waals surface area contributed by atoms with Crippen molar-refractivity contribution in [3.8, 4) is 11.4 Å². The van der Waals surface area contributed by atoms with Crippen LogP contribution in [0.2, 0.25) is 0 Å². The highest BCUT2D eigenvalue weighted by molar-refractivity contribution is 9.10. The van der Waals surface area contributed by atoms with Crippen molar-refractivity contribution in [3.63, 3.8) is 0 Å². The Morgan fingerprint density at radius 3 is 2.52 bits per heavy atom. The van der Waals surface area contributed by atoms with Crippen LogP contribution in [0.4, 0.5) is 5.69 Å². The minimum atomic E-state index is -0.864. The quantitative estimate of drug-likeness (QED) is 0.563. The number of anilines is 1. The Hall–Kier alpha value is -3.40. The van der Waals surface area contributed by atoms with E-state index in [0.29, 0.717) is 11.5 Å². The SMILES string of the molecule is O=C1[C@H]2N=NN(Cc3nc(-c4ccc(Br)cc4)no3)[C@H]2C(=O)N1c1ccccc1. The van der Waals surface area contributed by atoms with E-state index in [2.05, 4.69) is 36.4 Å². The molecule has 2 amide bonds. The molecule has 0 spiro atoms. The predicted molar refractivity (Wildman–Crippen MR) is 104 cm³/mol. The summed E-state index contributed by atoms with van der Waals surface area (Å²) in [5, 5.41) is 13.4. The summed E-state index contributed by atoms with van der Waals surface area (Å²) in [5.74, 6) is -0.0526. The summed E-state index contributed by atoms with van der Waals surface area (Å²) < 4.78 is 6.25. The highest BCUT2D eigenvalue weighted by Gasteiger charge is 2.55. The summed E-state index contributed by atoms with van der Waals surface area (Å²) >= 11 is 3.38. The molecular weight excluding hydrogens is 440 g/mol. The van der Waals surface area contributed by atoms with Gasteiger partial charge in [-0.2, -0.15) is 10.1 Å². The molecule has 0 radical (unpaired) electrons. The molecule has 144 valence electrons. The topological polar surface area (TPSA) is 104 Å². The first-order valence-electron chi connectivity index (χ1n) is 8.80. The van der Waals surface area contributed by atoms with E-state index in [1.54, 1.807) is 24.3 Å². The van der Waals surface area contributed by atoms with Gasteiger partial charge in [0.15, 0.2) is 12.1 Å². The number of carbonyl (C=O) groups excluding carboxylic acids is 2. The van der Waals surface area contributed by atoms with Crippen molar-refractivity contribution in [2.24, 2.45) is 10.3 Å². The Balaban J connectivity index is 1.36. The average Bonchev–Trinajstić information content (AvgIpc) is 3.42. The van der Waals surface area contributed by atoms with Gasteiger partial charge in [-0.05, 0) is 36.4 Å². The molecule has 2 aromatic carbocycles. The third-order valence-corrected chi connectivity index (χ3v) is 5.27. The van der Waals surface area contributed by atoms with Crippen LogP contribution < -0.4 is 4.90 Å². The van der Waals surface area contributed by atoms with Crippen LogP contribution in [-0.4, -0.2) is 39.0 Å². The number of carbonyl (C=O) groups is 2. The summed E-state index contributed by atoms with van der Waals surface area (Å²) in [6.45, 7) is 0.0792. The van der Waals surface area contributed by atoms with E-state index >= 15 is 0 Å². The zero-order valence-corrected chi connectivity index (χ0v) is 16.4. The minimum absolute atomic E-state index is 0.0792. The lowest BCUT2D eigenvalue weighted by Gasteiger charge is -2.19. The van der Waals surface area contributed by atoms with Gasteiger partial charge in [-0.15, -0.1) is 0 Å². The number of hydrogen-bond acceptors (Lipinski definition) is 8. The molecule has 0 saturated carbocycles. The lowest BCUT2D eigenvalue weighted by atomic mass is 10.1. The smallest absolute Gasteiger partial charge is 0.263 e. The standard InChI is InChI=1S/C19H13BrN6O3/c20-12-8-6-11(7-9-12)17-21-14(29-23-17)10-25-16-15(22-24-25)18(27)26(19(16)28)13-4-2-1-3-5-13/h1-9,15-16H,10H2/t15-,16+/m0/s1. The zero-order valence-electron chi connectivity index (χ0n) is 14.8. The minimum Gasteiger partial charge on any atom is -0.337 e. The molecule has 9 nitrogen and oxygen atoms in total. The molecule has 5 rings (SSSR count). The van der Waals surface area contributed by atoms with E-state index in [4.69, 9.17) is 4.52 Å². The van der Waals surface area contributed by atoms with Crippen molar-refractivity contribution in [2.45, 2.75) is 18.6 Å². The van der Waals surface area contributed by atoms with Crippen molar-refractivity contribution in [1.82, 2.24) is 15.1 Å². The zero-order chi connectivity index (χ0) is 20.0. The van der Waals surface area contributed by atoms with Crippen LogP contribution in [0.25, 0.3) is 11.4 Å². The Labute approximate surface area is 173 Å². The van der Waals surface area contributed by atoms with Crippen molar-refractivity contribution in [2.75, 3.05) is 4.90 Å². The number of rotatable bonds is 4. The molecular formula is C19H13BrN6O3. The van der Waals surface area contributed by atoms with E-state index in [9.17, 15) is 9.59 Å². The summed E-state index contributed by atoms with van der Waals surface area (Å²) in [7, 11) is 0. The van der Waals surface area contributed by atoms with Crippen LogP contribution >= 0.6 is 15.9 Å². The Bertz CT molecular complexity index is 1110. The molecule has 2 aliphatic rings. The normalized spacial score (nSPS) is 20.6. The molecule has 10 heteroatoms. The molecule has 0 unspecified atom stereocenters. The van der Waals surface area contributed by atoms with Crippen LogP contribution in [0, 0.1) is 0 Å². The predicted octanol–water partition coefficient (Wildman–Crippen LogP) is 2.99. The van der Waals surface area contributed by atoms with Gasteiger partial charge in [0.1, 0.15) is 6.54 Å². The number of nitrogens with zero attached hydrogens (tertiary/aromatic N) is 6. The van der Waals surface area contributed by atoms with E-state index in [-0.39, 0.29) is 18.3 Å². The molecule has 1 aromatic heterocycles. The van der Waals surface area contributed by atoms with Crippen LogP contribution in [0.15, 0.2) is 73.9 Å². The molecule has 3 aromatic rings. The van der Waals surface area contributed by atoms with Crippen LogP contribution in [0.3, 0.4) is 0 Å². The number of para-hydroxylation sites is 1. The number of amides is 2. The fourth-order valence-electron chi connectivity index (χ4n) is 3.36. The second-order valence-corrected chi connectivity index (χ2v) is 7.47. The molecule has 1 saturated heterocycles. The summed E-state index contributed by atoms with van der Waals surface area (Å²) in [6, 6.07) is 14.6. The maximum atomic E-state index is 12.9. The van der Waals surface area contributed by atoms with Gasteiger partial charge >= 0.3 is 0 Å². The van der Waals surface area contributed by atoms with Crippen LogP contribution in [0.5, 0.6) is 0 Å². The van der Waals surface area contributed by atoms with Gasteiger partial charge in [0.25, 0.3) is 11.8 Å². The van der Waals surface area contributed by atoms with Gasteiger partial charge in [-0.25, -0.2) is 4.90 Å². The molecule has 2 atom stereocenters. The largest absolute Gasteiger partial charge is 0.337 e. The van der Waals surface area contributed by atoms with Gasteiger partial charge in [-0.1, -0.05) is 44.5 Å². The molecule has 0 aliphatic carbocycles. The first kappa shape index (κ1) is 17.7. The molecule has 0 bridgehead atoms. The highest BCUT2D eigenvalue weighted by atomic mass is 79.9. The Morgan fingerprint density at radius 2 is 1.76 bits per heavy atom. The molecule has 3 heterocycles. The number of imide groups is 1. The van der Waals surface area contributed by atoms with Gasteiger partial charge in [0, 0.05) is 10.0 Å². The first-order chi connectivity index (χ1) is 14.1. The van der Waals surface area contributed by atoms with E-state index in [1.165, 1.54) is 5.01 Å². The summed E-state index contributed by atoms with van der Waals surface area (Å²) in [6.07, 6.45) is 0. The molecule has 29 heavy (non-hydrogen) atoms. The van der Waals surface area contributed by atoms with Crippen molar-refractivity contribution < 1.29 is 14.1 Å². The number of aromatic nitrogens is 2. The van der Waals surface area contributed by atoms with E-state index in [0.717, 1.165) is 14.9 Å². The Morgan fingerprint density at radius 1 is 1.00 bits per heavy atom. The lowest BCUT2D eigenvalue weighted by molar-refractivity contribution is -0.123. The van der Waals surface area contributed by atoms with Crippen LogP contribution in [0.1, 0.15) is 5.89 Å². The monoisotopic (exact) mass is 452 g/mol. The lowest BCUT2D eigenvalue weighted by Crippen LogP contribution is -2.39.